The summed E-state index contributed by atoms with van der Waals surface area (Å²) in [4.78, 5) is 12.1. The van der Waals surface area contributed by atoms with Crippen LogP contribution in [0.15, 0.2) is 48.5 Å². The molecule has 1 amide bonds. The summed E-state index contributed by atoms with van der Waals surface area (Å²) >= 11 is 0. The molecule has 0 saturated heterocycles. The number of fused-ring (bicyclic) bond motifs is 1. The van der Waals surface area contributed by atoms with Crippen LogP contribution in [0.5, 0.6) is 5.75 Å². The number of nitrogens with one attached hydrogen (secondary N) is 1. The first-order valence-corrected chi connectivity index (χ1v) is 9.87. The Morgan fingerprint density at radius 1 is 1.20 bits per heavy atom. The number of rotatable bonds is 5. The van der Waals surface area contributed by atoms with Gasteiger partial charge in [0.1, 0.15) is 12.4 Å². The van der Waals surface area contributed by atoms with Crippen LogP contribution in [0.2, 0.25) is 0 Å². The molecule has 0 saturated carbocycles. The summed E-state index contributed by atoms with van der Waals surface area (Å²) in [5.41, 5.74) is 2.19. The van der Waals surface area contributed by atoms with Gasteiger partial charge in [0.2, 0.25) is 15.9 Å². The lowest BCUT2D eigenvalue weighted by Crippen LogP contribution is -2.37. The maximum atomic E-state index is 12.1. The molecule has 1 aliphatic rings. The van der Waals surface area contributed by atoms with E-state index in [1.807, 2.05) is 30.3 Å². The molecule has 0 spiro atoms. The third-order valence-electron chi connectivity index (χ3n) is 3.95. The van der Waals surface area contributed by atoms with Crippen molar-refractivity contribution in [3.05, 3.63) is 54.1 Å². The SMILES string of the molecule is CS(=O)(=O)N1CCOc2cc(NC(=O)CCc3ccccc3)ccc21. The van der Waals surface area contributed by atoms with Crippen molar-refractivity contribution in [3.63, 3.8) is 0 Å². The molecule has 1 heterocycles. The summed E-state index contributed by atoms with van der Waals surface area (Å²) < 4.78 is 30.5. The lowest BCUT2D eigenvalue weighted by atomic mass is 10.1. The number of hydrogen-bond acceptors (Lipinski definition) is 4. The van der Waals surface area contributed by atoms with Gasteiger partial charge in [0.25, 0.3) is 0 Å². The number of carbonyl (C=O) groups is 1. The average molecular weight is 360 g/mol. The van der Waals surface area contributed by atoms with Crippen molar-refractivity contribution >= 4 is 27.3 Å². The minimum Gasteiger partial charge on any atom is -0.489 e. The van der Waals surface area contributed by atoms with Gasteiger partial charge in [-0.25, -0.2) is 8.42 Å². The molecule has 0 atom stereocenters. The van der Waals surface area contributed by atoms with Crippen LogP contribution >= 0.6 is 0 Å². The zero-order valence-electron chi connectivity index (χ0n) is 13.9. The molecule has 3 rings (SSSR count). The number of ether oxygens (including phenoxy) is 1. The summed E-state index contributed by atoms with van der Waals surface area (Å²) in [6, 6.07) is 14.8. The van der Waals surface area contributed by atoms with Gasteiger partial charge in [0.15, 0.2) is 0 Å². The number of carbonyl (C=O) groups excluding carboxylic acids is 1. The van der Waals surface area contributed by atoms with Crippen molar-refractivity contribution in [2.75, 3.05) is 29.0 Å². The first-order chi connectivity index (χ1) is 11.9. The summed E-state index contributed by atoms with van der Waals surface area (Å²) in [5, 5.41) is 2.83. The normalized spacial score (nSPS) is 13.7. The zero-order chi connectivity index (χ0) is 17.9. The minimum absolute atomic E-state index is 0.0976. The van der Waals surface area contributed by atoms with Crippen LogP contribution in [0.4, 0.5) is 11.4 Å². The van der Waals surface area contributed by atoms with E-state index in [-0.39, 0.29) is 19.1 Å². The van der Waals surface area contributed by atoms with Gasteiger partial charge in [-0.05, 0) is 24.1 Å². The van der Waals surface area contributed by atoms with E-state index in [2.05, 4.69) is 5.32 Å². The molecule has 25 heavy (non-hydrogen) atoms. The van der Waals surface area contributed by atoms with Gasteiger partial charge in [0, 0.05) is 18.2 Å². The highest BCUT2D eigenvalue weighted by Gasteiger charge is 2.25. The molecule has 1 N–H and O–H groups in total. The van der Waals surface area contributed by atoms with Crippen LogP contribution in [0, 0.1) is 0 Å². The Bertz CT molecular complexity index is 866. The van der Waals surface area contributed by atoms with Gasteiger partial charge in [-0.1, -0.05) is 30.3 Å². The second-order valence-corrected chi connectivity index (χ2v) is 7.81. The van der Waals surface area contributed by atoms with E-state index in [0.29, 0.717) is 30.0 Å². The second-order valence-electron chi connectivity index (χ2n) is 5.90. The second kappa shape index (κ2) is 7.14. The van der Waals surface area contributed by atoms with Crippen molar-refractivity contribution in [3.8, 4) is 5.75 Å². The zero-order valence-corrected chi connectivity index (χ0v) is 14.8. The van der Waals surface area contributed by atoms with Gasteiger partial charge in [-0.15, -0.1) is 0 Å². The smallest absolute Gasteiger partial charge is 0.232 e. The molecule has 1 aliphatic heterocycles. The van der Waals surface area contributed by atoms with Gasteiger partial charge in [-0.3, -0.25) is 9.10 Å². The van der Waals surface area contributed by atoms with Crippen molar-refractivity contribution in [2.24, 2.45) is 0 Å². The number of anilines is 2. The standard InChI is InChI=1S/C18H20N2O4S/c1-25(22,23)20-11-12-24-17-13-15(8-9-16(17)20)19-18(21)10-7-14-5-3-2-4-6-14/h2-6,8-9,13H,7,10-12H2,1H3,(H,19,21). The van der Waals surface area contributed by atoms with E-state index in [1.165, 1.54) is 10.6 Å². The third-order valence-corrected chi connectivity index (χ3v) is 5.13. The highest BCUT2D eigenvalue weighted by atomic mass is 32.2. The number of hydrogen-bond donors (Lipinski definition) is 1. The molecule has 132 valence electrons. The van der Waals surface area contributed by atoms with Crippen LogP contribution in [0.3, 0.4) is 0 Å². The van der Waals surface area contributed by atoms with Crippen molar-refractivity contribution < 1.29 is 17.9 Å². The number of nitrogens with zero attached hydrogens (tertiary/aromatic N) is 1. The average Bonchev–Trinajstić information content (AvgIpc) is 2.59. The van der Waals surface area contributed by atoms with Crippen molar-refractivity contribution in [2.45, 2.75) is 12.8 Å². The van der Waals surface area contributed by atoms with Crippen LogP contribution in [-0.2, 0) is 21.2 Å². The highest BCUT2D eigenvalue weighted by Crippen LogP contribution is 2.35. The van der Waals surface area contributed by atoms with Gasteiger partial charge < -0.3 is 10.1 Å². The van der Waals surface area contributed by atoms with Gasteiger partial charge in [-0.2, -0.15) is 0 Å². The fourth-order valence-electron chi connectivity index (χ4n) is 2.74. The Balaban J connectivity index is 1.67. The predicted octanol–water partition coefficient (Wildman–Crippen LogP) is 2.42. The Labute approximate surface area is 147 Å². The largest absolute Gasteiger partial charge is 0.489 e. The maximum Gasteiger partial charge on any atom is 0.232 e. The molecular formula is C18H20N2O4S. The van der Waals surface area contributed by atoms with Crippen LogP contribution < -0.4 is 14.4 Å². The molecule has 0 radical (unpaired) electrons. The summed E-state index contributed by atoms with van der Waals surface area (Å²) in [6.07, 6.45) is 2.20. The van der Waals surface area contributed by atoms with Gasteiger partial charge in [0.05, 0.1) is 18.5 Å². The lowest BCUT2D eigenvalue weighted by molar-refractivity contribution is -0.116. The van der Waals surface area contributed by atoms with E-state index >= 15 is 0 Å². The Hall–Kier alpha value is -2.54. The maximum absolute atomic E-state index is 12.1. The number of sulfonamides is 1. The van der Waals surface area contributed by atoms with Gasteiger partial charge >= 0.3 is 0 Å². The highest BCUT2D eigenvalue weighted by molar-refractivity contribution is 7.92. The number of benzene rings is 2. The van der Waals surface area contributed by atoms with E-state index in [9.17, 15) is 13.2 Å². The Morgan fingerprint density at radius 3 is 2.68 bits per heavy atom. The molecule has 0 aliphatic carbocycles. The summed E-state index contributed by atoms with van der Waals surface area (Å²) in [6.45, 7) is 0.570. The number of aryl methyl sites for hydroxylation is 1. The topological polar surface area (TPSA) is 75.7 Å². The fraction of sp³-hybridized carbons (Fsp3) is 0.278. The predicted molar refractivity (Wildman–Crippen MR) is 97.5 cm³/mol. The van der Waals surface area contributed by atoms with Crippen LogP contribution in [-0.4, -0.2) is 33.7 Å². The van der Waals surface area contributed by atoms with Crippen LogP contribution in [0.1, 0.15) is 12.0 Å². The quantitative estimate of drug-likeness (QED) is 0.888. The summed E-state index contributed by atoms with van der Waals surface area (Å²) in [7, 11) is -3.35. The number of amides is 1. The molecule has 0 bridgehead atoms. The molecule has 2 aromatic carbocycles. The molecule has 0 unspecified atom stereocenters. The fourth-order valence-corrected chi connectivity index (χ4v) is 3.66. The monoisotopic (exact) mass is 360 g/mol. The van der Waals surface area contributed by atoms with Crippen molar-refractivity contribution in [1.29, 1.82) is 0 Å². The van der Waals surface area contributed by atoms with Crippen molar-refractivity contribution in [1.82, 2.24) is 0 Å². The van der Waals surface area contributed by atoms with E-state index in [4.69, 9.17) is 4.74 Å². The van der Waals surface area contributed by atoms with E-state index < -0.39 is 10.0 Å². The summed E-state index contributed by atoms with van der Waals surface area (Å²) in [5.74, 6) is 0.358. The first kappa shape index (κ1) is 17.3. The minimum atomic E-state index is -3.35. The molecular weight excluding hydrogens is 340 g/mol. The molecule has 2 aromatic rings. The molecule has 0 aromatic heterocycles. The molecule has 0 fully saturated rings. The lowest BCUT2D eigenvalue weighted by Gasteiger charge is -2.29. The molecule has 7 heteroatoms. The van der Waals surface area contributed by atoms with E-state index in [1.54, 1.807) is 18.2 Å². The molecule has 6 nitrogen and oxygen atoms in total. The Morgan fingerprint density at radius 2 is 1.96 bits per heavy atom. The first-order valence-electron chi connectivity index (χ1n) is 8.02. The van der Waals surface area contributed by atoms with Crippen LogP contribution in [0.25, 0.3) is 0 Å². The van der Waals surface area contributed by atoms with E-state index in [0.717, 1.165) is 5.56 Å². The Kier molecular flexibility index (Phi) is 4.94. The third kappa shape index (κ3) is 4.30.